The second-order valence-electron chi connectivity index (χ2n) is 16.4. The number of hydrogen-bond donors (Lipinski definition) is 3. The van der Waals surface area contributed by atoms with Crippen molar-refractivity contribution in [3.63, 3.8) is 0 Å². The van der Waals surface area contributed by atoms with E-state index in [0.717, 1.165) is 62.1 Å². The molecule has 0 unspecified atom stereocenters. The molecular formula is C47H64O6. The minimum atomic E-state index is -0.541. The van der Waals surface area contributed by atoms with Crippen molar-refractivity contribution in [3.8, 4) is 17.2 Å². The van der Waals surface area contributed by atoms with E-state index >= 15 is 0 Å². The highest BCUT2D eigenvalue weighted by molar-refractivity contribution is 5.54. The molecule has 0 spiro atoms. The second kappa shape index (κ2) is 16.3. The Bertz CT molecular complexity index is 1810. The maximum absolute atomic E-state index is 11.2. The highest BCUT2D eigenvalue weighted by atomic mass is 16.5. The summed E-state index contributed by atoms with van der Waals surface area (Å²) in [6.45, 7) is 23.3. The fraction of sp³-hybridized carbons (Fsp3) is 0.489. The first-order valence-corrected chi connectivity index (χ1v) is 19.0. The Hall–Kier alpha value is -3.84. The van der Waals surface area contributed by atoms with Crippen molar-refractivity contribution in [2.45, 2.75) is 130 Å². The van der Waals surface area contributed by atoms with Gasteiger partial charge in [0.05, 0.1) is 19.8 Å². The minimum Gasteiger partial charge on any atom is -0.507 e. The topological polar surface area (TPSA) is 88.4 Å². The summed E-state index contributed by atoms with van der Waals surface area (Å²) in [5, 5.41) is 33.3. The molecule has 0 aliphatic rings. The second-order valence-corrected chi connectivity index (χ2v) is 16.4. The van der Waals surface area contributed by atoms with Crippen LogP contribution in [-0.2, 0) is 75.0 Å². The molecule has 0 heterocycles. The fourth-order valence-corrected chi connectivity index (χ4v) is 8.43. The first-order chi connectivity index (χ1) is 24.9. The summed E-state index contributed by atoms with van der Waals surface area (Å²) < 4.78 is 16.6. The number of phenols is 3. The summed E-state index contributed by atoms with van der Waals surface area (Å²) in [4.78, 5) is 0. The molecule has 0 saturated heterocycles. The lowest BCUT2D eigenvalue weighted by Crippen LogP contribution is -2.55. The molecule has 4 rings (SSSR count). The predicted octanol–water partition coefficient (Wildman–Crippen LogP) is 10.5. The number of rotatable bonds is 16. The first kappa shape index (κ1) is 41.9. The fourth-order valence-electron chi connectivity index (χ4n) is 8.43. The highest BCUT2D eigenvalue weighted by Gasteiger charge is 2.54. The third-order valence-corrected chi connectivity index (χ3v) is 12.7. The van der Waals surface area contributed by atoms with Gasteiger partial charge in [0.2, 0.25) is 0 Å². The molecule has 0 bridgehead atoms. The Kier molecular flexibility index (Phi) is 12.9. The van der Waals surface area contributed by atoms with Crippen LogP contribution >= 0.6 is 0 Å². The van der Waals surface area contributed by atoms with Crippen molar-refractivity contribution in [3.05, 3.63) is 122 Å². The molecule has 0 aliphatic heterocycles. The molecule has 53 heavy (non-hydrogen) atoms. The van der Waals surface area contributed by atoms with Gasteiger partial charge in [-0.15, -0.1) is 0 Å². The zero-order chi connectivity index (χ0) is 39.5. The molecule has 0 fully saturated rings. The van der Waals surface area contributed by atoms with Crippen molar-refractivity contribution < 1.29 is 29.5 Å². The van der Waals surface area contributed by atoms with Gasteiger partial charge < -0.3 is 29.5 Å². The number of methoxy groups -OCH3 is 3. The number of benzene rings is 4. The van der Waals surface area contributed by atoms with Gasteiger partial charge in [-0.3, -0.25) is 0 Å². The Morgan fingerprint density at radius 3 is 1.02 bits per heavy atom. The van der Waals surface area contributed by atoms with Gasteiger partial charge in [0.1, 0.15) is 17.2 Å². The van der Waals surface area contributed by atoms with Crippen LogP contribution in [0.5, 0.6) is 17.2 Å². The van der Waals surface area contributed by atoms with Crippen molar-refractivity contribution in [1.29, 1.82) is 0 Å². The first-order valence-electron chi connectivity index (χ1n) is 19.0. The van der Waals surface area contributed by atoms with E-state index < -0.39 is 16.2 Å². The molecule has 0 atom stereocenters. The molecule has 0 aromatic heterocycles. The van der Waals surface area contributed by atoms with Crippen molar-refractivity contribution in [2.75, 3.05) is 21.3 Å². The van der Waals surface area contributed by atoms with E-state index in [1.807, 2.05) is 0 Å². The maximum Gasteiger partial charge on any atom is 0.124 e. The summed E-state index contributed by atoms with van der Waals surface area (Å²) in [6, 6.07) is 21.8. The van der Waals surface area contributed by atoms with E-state index in [-0.39, 0.29) is 5.41 Å². The summed E-state index contributed by atoms with van der Waals surface area (Å²) >= 11 is 0. The Labute approximate surface area is 319 Å². The number of ether oxygens (including phenoxy) is 3. The van der Waals surface area contributed by atoms with E-state index in [2.05, 4.69) is 130 Å². The van der Waals surface area contributed by atoms with E-state index in [1.54, 1.807) is 21.3 Å². The van der Waals surface area contributed by atoms with Crippen LogP contribution in [0, 0.1) is 0 Å². The summed E-state index contributed by atoms with van der Waals surface area (Å²) in [5.74, 6) is 0.907. The lowest BCUT2D eigenvalue weighted by molar-refractivity contribution is 0.159. The van der Waals surface area contributed by atoms with Crippen molar-refractivity contribution >= 4 is 0 Å². The summed E-state index contributed by atoms with van der Waals surface area (Å²) in [5.41, 5.74) is 8.89. The average molecular weight is 725 g/mol. The summed E-state index contributed by atoms with van der Waals surface area (Å²) in [7, 11) is 4.97. The molecule has 4 aromatic rings. The van der Waals surface area contributed by atoms with Crippen LogP contribution in [0.2, 0.25) is 0 Å². The lowest BCUT2D eigenvalue weighted by Gasteiger charge is -2.55. The standard InChI is InChI=1S/C47H64O6/c1-14-30-21-38(24-33(27-51-11)41(30)48)44(4,5)36-17-19-37(20-18-36)47(10,45(6,7)39-22-31(15-2)42(49)34(25-39)28-52-12)46(8,9)40-23-32(16-3)43(50)35(26-40)29-53-13/h17-26,48-50H,14-16,27-29H2,1-13H3. The minimum absolute atomic E-state index is 0.297. The third kappa shape index (κ3) is 7.48. The van der Waals surface area contributed by atoms with Crippen LogP contribution in [0.1, 0.15) is 130 Å². The van der Waals surface area contributed by atoms with Crippen LogP contribution in [0.25, 0.3) is 0 Å². The highest BCUT2D eigenvalue weighted by Crippen LogP contribution is 2.57. The molecule has 0 radical (unpaired) electrons. The Morgan fingerprint density at radius 1 is 0.415 bits per heavy atom. The van der Waals surface area contributed by atoms with Gasteiger partial charge in [0, 0.05) is 48.8 Å². The zero-order valence-electron chi connectivity index (χ0n) is 34.6. The summed E-state index contributed by atoms with van der Waals surface area (Å²) in [6.07, 6.45) is 2.11. The largest absolute Gasteiger partial charge is 0.507 e. The number of aryl methyl sites for hydroxylation is 3. The molecular weight excluding hydrogens is 661 g/mol. The van der Waals surface area contributed by atoms with Gasteiger partial charge in [-0.2, -0.15) is 0 Å². The zero-order valence-corrected chi connectivity index (χ0v) is 34.6. The van der Waals surface area contributed by atoms with Crippen LogP contribution in [0.4, 0.5) is 0 Å². The quantitative estimate of drug-likeness (QED) is 0.107. The third-order valence-electron chi connectivity index (χ3n) is 12.7. The SMILES string of the molecule is CCc1cc(C(C)(C)c2ccc(C(C)(C(C)(C)c3cc(CC)c(O)c(COC)c3)C(C)(C)c3cc(CC)c(O)c(COC)c3)cc2)cc(COC)c1O. The van der Waals surface area contributed by atoms with E-state index in [0.29, 0.717) is 49.9 Å². The van der Waals surface area contributed by atoms with Crippen molar-refractivity contribution in [2.24, 2.45) is 0 Å². The normalized spacial score (nSPS) is 12.8. The molecule has 0 saturated carbocycles. The molecule has 6 nitrogen and oxygen atoms in total. The molecule has 0 aliphatic carbocycles. The van der Waals surface area contributed by atoms with Gasteiger partial charge >= 0.3 is 0 Å². The van der Waals surface area contributed by atoms with Gasteiger partial charge in [0.25, 0.3) is 0 Å². The smallest absolute Gasteiger partial charge is 0.124 e. The van der Waals surface area contributed by atoms with Gasteiger partial charge in [-0.05, 0) is 92.8 Å². The van der Waals surface area contributed by atoms with Gasteiger partial charge in [0.15, 0.2) is 0 Å². The number of phenolic OH excluding ortho intramolecular Hbond substituents is 3. The molecule has 3 N–H and O–H groups in total. The van der Waals surface area contributed by atoms with Gasteiger partial charge in [-0.25, -0.2) is 0 Å². The van der Waals surface area contributed by atoms with Gasteiger partial charge in [-0.1, -0.05) is 112 Å². The van der Waals surface area contributed by atoms with E-state index in [1.165, 1.54) is 5.56 Å². The van der Waals surface area contributed by atoms with Crippen molar-refractivity contribution in [1.82, 2.24) is 0 Å². The molecule has 6 heteroatoms. The number of hydrogen-bond acceptors (Lipinski definition) is 6. The Morgan fingerprint density at radius 2 is 0.698 bits per heavy atom. The van der Waals surface area contributed by atoms with E-state index in [9.17, 15) is 15.3 Å². The Balaban J connectivity index is 2.01. The molecule has 4 aromatic carbocycles. The van der Waals surface area contributed by atoms with E-state index in [4.69, 9.17) is 14.2 Å². The lowest BCUT2D eigenvalue weighted by atomic mass is 9.47. The predicted molar refractivity (Wildman–Crippen MR) is 217 cm³/mol. The monoisotopic (exact) mass is 724 g/mol. The van der Waals surface area contributed by atoms with Crippen LogP contribution in [0.15, 0.2) is 60.7 Å². The van der Waals surface area contributed by atoms with Crippen LogP contribution < -0.4 is 0 Å². The molecule has 288 valence electrons. The van der Waals surface area contributed by atoms with Crippen LogP contribution in [-0.4, -0.2) is 36.6 Å². The maximum atomic E-state index is 11.2. The number of aromatic hydroxyl groups is 3. The average Bonchev–Trinajstić information content (AvgIpc) is 3.13. The molecule has 0 amide bonds. The van der Waals surface area contributed by atoms with Crippen LogP contribution in [0.3, 0.4) is 0 Å².